The Morgan fingerprint density at radius 3 is 1.33 bits per heavy atom. The number of imide groups is 2. The number of rotatable bonds is 19. The quantitative estimate of drug-likeness (QED) is 0.0453. The molecule has 2 heterocycles. The molecule has 296 valence electrons. The van der Waals surface area contributed by atoms with E-state index in [4.69, 9.17) is 29.3 Å². The number of allylic oxidation sites excluding steroid dienone is 3. The van der Waals surface area contributed by atoms with Gasteiger partial charge in [0.25, 0.3) is 23.6 Å². The number of ether oxygens (including phenoxy) is 4. The van der Waals surface area contributed by atoms with Crippen molar-refractivity contribution in [3.63, 3.8) is 0 Å². The number of aliphatic carboxylic acids is 1. The molecule has 2 rings (SSSR count). The molecule has 2 fully saturated rings. The molecule has 2 aliphatic rings. The van der Waals surface area contributed by atoms with Gasteiger partial charge in [-0.1, -0.05) is 84.2 Å². The molecule has 4 amide bonds. The molecule has 0 aliphatic carbocycles. The molecule has 0 radical (unpaired) electrons. The lowest BCUT2D eigenvalue weighted by Crippen LogP contribution is -2.32. The second kappa shape index (κ2) is 32.8. The maximum absolute atomic E-state index is 11.3. The predicted octanol–water partition coefficient (Wildman–Crippen LogP) is 4.59. The monoisotopic (exact) mass is 934 g/mol. The van der Waals surface area contributed by atoms with Crippen molar-refractivity contribution in [2.45, 2.75) is 71.3 Å². The number of carbonyl (C=O) groups is 7. The number of nitrogens with zero attached hydrogens (tertiary/aromatic N) is 2. The zero-order valence-electron chi connectivity index (χ0n) is 29.6. The van der Waals surface area contributed by atoms with Crippen molar-refractivity contribution in [3.8, 4) is 0 Å². The molecular weight excluding hydrogens is 888 g/mol. The van der Waals surface area contributed by atoms with Gasteiger partial charge >= 0.3 is 17.9 Å². The standard InChI is InChI=1S/C11H14BrNO5.C11H19BrO3.C7H11BrO3.C4H5NO3/c12-6-1-2-7-17-8-5-11(16)18-13-9(14)3-4-10(13)15;1-11(2,3)15-10(13)6-9-14-8-5-4-7-12;8-4-1-2-5-11-6-3-7(9)10;6-3-1-2-4(7)5(3)8/h1-2H,3-8H2;4-5H,6-9H2,1-3H3;1-2H,3-6H2,(H,9,10);8H,1-2H2/b2-1+;5-4+;2-1+;. The highest BCUT2D eigenvalue weighted by molar-refractivity contribution is 9.09. The van der Waals surface area contributed by atoms with Gasteiger partial charge in [0.2, 0.25) is 0 Å². The number of carboxylic acid groups (broad SMARTS) is 1. The Morgan fingerprint density at radius 1 is 0.635 bits per heavy atom. The van der Waals surface area contributed by atoms with Crippen LogP contribution in [0.4, 0.5) is 0 Å². The summed E-state index contributed by atoms with van der Waals surface area (Å²) in [6.45, 7) is 7.85. The molecule has 2 saturated heterocycles. The first-order valence-corrected chi connectivity index (χ1v) is 19.4. The molecule has 19 heteroatoms. The van der Waals surface area contributed by atoms with Crippen LogP contribution in [0, 0.1) is 0 Å². The van der Waals surface area contributed by atoms with Crippen LogP contribution in [0.5, 0.6) is 0 Å². The van der Waals surface area contributed by atoms with Crippen LogP contribution < -0.4 is 0 Å². The van der Waals surface area contributed by atoms with Gasteiger partial charge in [0.1, 0.15) is 5.60 Å². The minimum absolute atomic E-state index is 0.000781. The third-order valence-electron chi connectivity index (χ3n) is 5.41. The van der Waals surface area contributed by atoms with E-state index < -0.39 is 41.2 Å². The zero-order chi connectivity index (χ0) is 39.8. The number of hydroxylamine groups is 4. The summed E-state index contributed by atoms with van der Waals surface area (Å²) < 4.78 is 20.4. The molecule has 0 saturated carbocycles. The fourth-order valence-electron chi connectivity index (χ4n) is 3.08. The molecule has 16 nitrogen and oxygen atoms in total. The Kier molecular flexibility index (Phi) is 32.4. The lowest BCUT2D eigenvalue weighted by molar-refractivity contribution is -0.198. The summed E-state index contributed by atoms with van der Waals surface area (Å²) in [6, 6.07) is 0. The van der Waals surface area contributed by atoms with Crippen molar-refractivity contribution in [1.29, 1.82) is 0 Å². The average molecular weight is 937 g/mol. The van der Waals surface area contributed by atoms with Crippen LogP contribution in [0.15, 0.2) is 36.5 Å². The van der Waals surface area contributed by atoms with Gasteiger partial charge in [0.05, 0.1) is 58.9 Å². The second-order valence-electron chi connectivity index (χ2n) is 11.0. The Morgan fingerprint density at radius 2 is 1.00 bits per heavy atom. The normalized spacial score (nSPS) is 14.3. The van der Waals surface area contributed by atoms with Crippen LogP contribution in [0.3, 0.4) is 0 Å². The Labute approximate surface area is 329 Å². The number of amides is 4. The van der Waals surface area contributed by atoms with Crippen molar-refractivity contribution in [2.75, 3.05) is 55.6 Å². The number of alkyl halides is 3. The molecule has 0 aromatic rings. The molecule has 2 N–H and O–H groups in total. The van der Waals surface area contributed by atoms with Crippen molar-refractivity contribution >= 4 is 89.3 Å². The van der Waals surface area contributed by atoms with E-state index in [0.29, 0.717) is 37.9 Å². The van der Waals surface area contributed by atoms with Gasteiger partial charge in [-0.2, -0.15) is 5.06 Å². The van der Waals surface area contributed by atoms with Crippen LogP contribution in [-0.2, 0) is 57.3 Å². The van der Waals surface area contributed by atoms with Gasteiger partial charge in [0, 0.05) is 41.7 Å². The van der Waals surface area contributed by atoms with Gasteiger partial charge in [-0.25, -0.2) is 4.79 Å². The molecule has 0 atom stereocenters. The van der Waals surface area contributed by atoms with Crippen molar-refractivity contribution in [3.05, 3.63) is 36.5 Å². The summed E-state index contributed by atoms with van der Waals surface area (Å²) in [4.78, 5) is 79.9. The smallest absolute Gasteiger partial charge is 0.335 e. The topological polar surface area (TPSA) is 213 Å². The number of esters is 1. The summed E-state index contributed by atoms with van der Waals surface area (Å²) in [5.74, 6) is -3.65. The van der Waals surface area contributed by atoms with Crippen molar-refractivity contribution in [2.24, 2.45) is 0 Å². The fraction of sp³-hybridized carbons (Fsp3) is 0.606. The summed E-state index contributed by atoms with van der Waals surface area (Å²) in [5.41, 5.74) is -0.410. The lowest BCUT2D eigenvalue weighted by atomic mass is 10.2. The highest BCUT2D eigenvalue weighted by Gasteiger charge is 2.32. The Balaban J connectivity index is 0. The van der Waals surface area contributed by atoms with Gasteiger partial charge in [-0.15, -0.1) is 5.06 Å². The van der Waals surface area contributed by atoms with E-state index in [-0.39, 0.29) is 62.8 Å². The summed E-state index contributed by atoms with van der Waals surface area (Å²) in [5, 5.41) is 19.7. The second-order valence-corrected chi connectivity index (χ2v) is 12.9. The van der Waals surface area contributed by atoms with Crippen LogP contribution in [0.25, 0.3) is 0 Å². The van der Waals surface area contributed by atoms with E-state index >= 15 is 0 Å². The number of hydrogen-bond donors (Lipinski definition) is 2. The molecule has 0 aromatic heterocycles. The Bertz CT molecular complexity index is 1160. The predicted molar refractivity (Wildman–Crippen MR) is 199 cm³/mol. The van der Waals surface area contributed by atoms with Gasteiger partial charge in [0.15, 0.2) is 0 Å². The van der Waals surface area contributed by atoms with E-state index in [1.807, 2.05) is 57.2 Å². The first-order valence-electron chi connectivity index (χ1n) is 16.0. The van der Waals surface area contributed by atoms with Crippen LogP contribution >= 0.6 is 47.8 Å². The van der Waals surface area contributed by atoms with E-state index in [0.717, 1.165) is 16.0 Å². The van der Waals surface area contributed by atoms with E-state index in [1.54, 1.807) is 0 Å². The third kappa shape index (κ3) is 31.9. The van der Waals surface area contributed by atoms with Crippen molar-refractivity contribution < 1.29 is 67.7 Å². The summed E-state index contributed by atoms with van der Waals surface area (Å²) in [6.07, 6.45) is 12.2. The highest BCUT2D eigenvalue weighted by Crippen LogP contribution is 2.12. The Hall–Kier alpha value is -2.81. The number of halogens is 3. The first kappa shape index (κ1) is 51.3. The van der Waals surface area contributed by atoms with Crippen molar-refractivity contribution in [1.82, 2.24) is 10.1 Å². The molecule has 2 aliphatic heterocycles. The summed E-state index contributed by atoms with van der Waals surface area (Å²) in [7, 11) is 0. The van der Waals surface area contributed by atoms with Crippen LogP contribution in [-0.4, -0.2) is 123 Å². The minimum atomic E-state index is -0.825. The number of carbonyl (C=O) groups excluding carboxylic acids is 6. The lowest BCUT2D eigenvalue weighted by Gasteiger charge is -2.19. The average Bonchev–Trinajstić information content (AvgIpc) is 3.55. The first-order chi connectivity index (χ1) is 24.6. The molecule has 52 heavy (non-hydrogen) atoms. The number of hydrogen-bond acceptors (Lipinski definition) is 13. The van der Waals surface area contributed by atoms with Crippen LogP contribution in [0.1, 0.15) is 65.7 Å². The zero-order valence-corrected chi connectivity index (χ0v) is 34.4. The minimum Gasteiger partial charge on any atom is -0.481 e. The molecule has 0 unspecified atom stereocenters. The van der Waals surface area contributed by atoms with E-state index in [2.05, 4.69) is 52.6 Å². The number of carboxylic acids is 1. The van der Waals surface area contributed by atoms with Gasteiger partial charge in [-0.05, 0) is 20.8 Å². The fourth-order valence-corrected chi connectivity index (χ4v) is 3.87. The molecule has 0 spiro atoms. The third-order valence-corrected chi connectivity index (χ3v) is 6.54. The van der Waals surface area contributed by atoms with Gasteiger partial charge in [-0.3, -0.25) is 34.0 Å². The van der Waals surface area contributed by atoms with E-state index in [1.165, 1.54) is 0 Å². The highest BCUT2D eigenvalue weighted by atomic mass is 79.9. The SMILES string of the molecule is CC(C)(C)OC(=O)CCOC/C=C/CBr.O=C(CCOC/C=C/CBr)ON1C(=O)CCC1=O.O=C(O)CCOC/C=C/CBr.O=C1CCC(=O)N1O. The van der Waals surface area contributed by atoms with Gasteiger partial charge < -0.3 is 28.9 Å². The maximum atomic E-state index is 11.3. The van der Waals surface area contributed by atoms with E-state index in [9.17, 15) is 33.6 Å². The van der Waals surface area contributed by atoms with Crippen LogP contribution in [0.2, 0.25) is 0 Å². The molecule has 0 bridgehead atoms. The molecular formula is C33H49Br3N2O14. The molecule has 0 aromatic carbocycles. The summed E-state index contributed by atoms with van der Waals surface area (Å²) >= 11 is 9.68. The maximum Gasteiger partial charge on any atom is 0.335 e. The largest absolute Gasteiger partial charge is 0.481 e.